The third-order valence-corrected chi connectivity index (χ3v) is 6.29. The number of hydrogen-bond acceptors (Lipinski definition) is 5. The molecule has 0 aliphatic carbocycles. The molecule has 1 aromatic heterocycles. The zero-order chi connectivity index (χ0) is 23.2. The first-order valence-corrected chi connectivity index (χ1v) is 11.7. The lowest BCUT2D eigenvalue weighted by Gasteiger charge is -2.34. The molecule has 4 rings (SSSR count). The summed E-state index contributed by atoms with van der Waals surface area (Å²) in [4.78, 5) is 26.5. The molecular formula is C26H32FN5O. The molecule has 174 valence electrons. The highest BCUT2D eigenvalue weighted by Gasteiger charge is 2.17. The molecule has 6 nitrogen and oxygen atoms in total. The Morgan fingerprint density at radius 3 is 2.42 bits per heavy atom. The van der Waals surface area contributed by atoms with Crippen molar-refractivity contribution in [2.75, 3.05) is 39.3 Å². The molecule has 7 heteroatoms. The quantitative estimate of drug-likeness (QED) is 0.531. The summed E-state index contributed by atoms with van der Waals surface area (Å²) in [5.74, 6) is -0.775. The average Bonchev–Trinajstić information content (AvgIpc) is 2.81. The molecule has 3 aromatic rings. The minimum Gasteiger partial charge on any atom is -0.352 e. The van der Waals surface area contributed by atoms with Crippen LogP contribution in [0.3, 0.4) is 0 Å². The van der Waals surface area contributed by atoms with Gasteiger partial charge >= 0.3 is 0 Å². The molecule has 2 heterocycles. The Balaban J connectivity index is 1.20. The normalized spacial score (nSPS) is 15.1. The molecule has 1 aliphatic heterocycles. The Bertz CT molecular complexity index is 1100. The Hall–Kier alpha value is -2.90. The summed E-state index contributed by atoms with van der Waals surface area (Å²) < 4.78 is 14.0. The molecule has 1 fully saturated rings. The lowest BCUT2D eigenvalue weighted by Crippen LogP contribution is -2.46. The van der Waals surface area contributed by atoms with Crippen LogP contribution in [0.25, 0.3) is 11.0 Å². The molecule has 1 amide bonds. The van der Waals surface area contributed by atoms with Crippen LogP contribution in [-0.4, -0.2) is 64.9 Å². The number of amides is 1. The van der Waals surface area contributed by atoms with E-state index in [1.807, 2.05) is 13.8 Å². The highest BCUT2D eigenvalue weighted by Crippen LogP contribution is 2.19. The topological polar surface area (TPSA) is 61.4 Å². The highest BCUT2D eigenvalue weighted by molar-refractivity contribution is 6.04. The zero-order valence-electron chi connectivity index (χ0n) is 19.5. The summed E-state index contributed by atoms with van der Waals surface area (Å²) >= 11 is 0. The fraction of sp³-hybridized carbons (Fsp3) is 0.423. The van der Waals surface area contributed by atoms with Crippen molar-refractivity contribution in [2.24, 2.45) is 0 Å². The maximum Gasteiger partial charge on any atom is 0.253 e. The number of aryl methyl sites for hydroxylation is 2. The van der Waals surface area contributed by atoms with Gasteiger partial charge in [0.25, 0.3) is 5.91 Å². The van der Waals surface area contributed by atoms with Gasteiger partial charge < -0.3 is 10.2 Å². The van der Waals surface area contributed by atoms with Crippen LogP contribution in [0.4, 0.5) is 4.39 Å². The van der Waals surface area contributed by atoms with Gasteiger partial charge in [0.05, 0.1) is 22.5 Å². The van der Waals surface area contributed by atoms with E-state index in [1.165, 1.54) is 17.7 Å². The molecule has 1 N–H and O–H groups in total. The summed E-state index contributed by atoms with van der Waals surface area (Å²) in [5, 5.41) is 2.92. The second kappa shape index (κ2) is 10.8. The van der Waals surface area contributed by atoms with E-state index in [1.54, 1.807) is 0 Å². The molecule has 1 aliphatic rings. The summed E-state index contributed by atoms with van der Waals surface area (Å²) in [6.07, 6.45) is 1.90. The van der Waals surface area contributed by atoms with Gasteiger partial charge in [0.15, 0.2) is 0 Å². The number of nitrogens with one attached hydrogen (secondary N) is 1. The summed E-state index contributed by atoms with van der Waals surface area (Å²) in [6, 6.07) is 13.2. The van der Waals surface area contributed by atoms with E-state index in [0.717, 1.165) is 63.5 Å². The molecule has 0 spiro atoms. The van der Waals surface area contributed by atoms with Gasteiger partial charge in [-0.1, -0.05) is 30.3 Å². The van der Waals surface area contributed by atoms with Gasteiger partial charge in [0, 0.05) is 45.3 Å². The Kier molecular flexibility index (Phi) is 7.62. The minimum atomic E-state index is -0.475. The number of piperazine rings is 1. The van der Waals surface area contributed by atoms with Crippen LogP contribution in [0, 0.1) is 19.7 Å². The fourth-order valence-corrected chi connectivity index (χ4v) is 4.24. The van der Waals surface area contributed by atoms with Crippen LogP contribution in [-0.2, 0) is 6.54 Å². The van der Waals surface area contributed by atoms with Crippen LogP contribution in [0.5, 0.6) is 0 Å². The van der Waals surface area contributed by atoms with E-state index in [0.29, 0.717) is 17.6 Å². The minimum absolute atomic E-state index is 0.245. The number of rotatable bonds is 8. The zero-order valence-corrected chi connectivity index (χ0v) is 19.5. The molecule has 0 radical (unpaired) electrons. The number of hydrogen-bond donors (Lipinski definition) is 1. The molecule has 2 aromatic carbocycles. The van der Waals surface area contributed by atoms with E-state index in [4.69, 9.17) is 0 Å². The molecule has 0 bridgehead atoms. The summed E-state index contributed by atoms with van der Waals surface area (Å²) in [6.45, 7) is 10.6. The standard InChI is InChI=1S/C26H32FN5O/c1-19-20(2)30-25-23(16-22(27)17-24(25)29-19)26(33)28-10-6-7-11-31-12-14-32(15-13-31)18-21-8-4-3-5-9-21/h3-5,8-9,16-17H,6-7,10-15,18H2,1-2H3,(H,28,33). The second-order valence-corrected chi connectivity index (χ2v) is 8.78. The average molecular weight is 450 g/mol. The van der Waals surface area contributed by atoms with Gasteiger partial charge in [-0.3, -0.25) is 9.69 Å². The molecular weight excluding hydrogens is 417 g/mol. The second-order valence-electron chi connectivity index (χ2n) is 8.78. The van der Waals surface area contributed by atoms with E-state index >= 15 is 0 Å². The van der Waals surface area contributed by atoms with Crippen molar-refractivity contribution < 1.29 is 9.18 Å². The summed E-state index contributed by atoms with van der Waals surface area (Å²) in [5.41, 5.74) is 3.95. The van der Waals surface area contributed by atoms with Crippen molar-refractivity contribution in [2.45, 2.75) is 33.2 Å². The van der Waals surface area contributed by atoms with Crippen LogP contribution in [0.1, 0.15) is 40.2 Å². The fourth-order valence-electron chi connectivity index (χ4n) is 4.24. The number of halogens is 1. The van der Waals surface area contributed by atoms with Gasteiger partial charge in [-0.25, -0.2) is 14.4 Å². The van der Waals surface area contributed by atoms with E-state index in [9.17, 15) is 9.18 Å². The largest absolute Gasteiger partial charge is 0.352 e. The van der Waals surface area contributed by atoms with Gasteiger partial charge in [-0.05, 0) is 44.9 Å². The number of nitrogens with zero attached hydrogens (tertiary/aromatic N) is 4. The number of unbranched alkanes of at least 4 members (excludes halogenated alkanes) is 1. The Morgan fingerprint density at radius 1 is 0.970 bits per heavy atom. The van der Waals surface area contributed by atoms with Crippen molar-refractivity contribution >= 4 is 16.9 Å². The number of carbonyl (C=O) groups is 1. The number of benzene rings is 2. The van der Waals surface area contributed by atoms with Crippen molar-refractivity contribution in [3.05, 3.63) is 70.8 Å². The third kappa shape index (κ3) is 6.12. The van der Waals surface area contributed by atoms with E-state index in [-0.39, 0.29) is 11.5 Å². The lowest BCUT2D eigenvalue weighted by atomic mass is 10.1. The van der Waals surface area contributed by atoms with Crippen LogP contribution < -0.4 is 5.32 Å². The molecule has 33 heavy (non-hydrogen) atoms. The van der Waals surface area contributed by atoms with Crippen LogP contribution in [0.15, 0.2) is 42.5 Å². The van der Waals surface area contributed by atoms with Gasteiger partial charge in [0.2, 0.25) is 0 Å². The van der Waals surface area contributed by atoms with Crippen LogP contribution in [0.2, 0.25) is 0 Å². The Morgan fingerprint density at radius 2 is 1.67 bits per heavy atom. The van der Waals surface area contributed by atoms with E-state index in [2.05, 4.69) is 55.4 Å². The monoisotopic (exact) mass is 449 g/mol. The van der Waals surface area contributed by atoms with Gasteiger partial charge in [-0.15, -0.1) is 0 Å². The molecule has 0 unspecified atom stereocenters. The molecule has 0 atom stereocenters. The maximum absolute atomic E-state index is 14.0. The smallest absolute Gasteiger partial charge is 0.253 e. The van der Waals surface area contributed by atoms with Crippen LogP contribution >= 0.6 is 0 Å². The molecule has 0 saturated carbocycles. The third-order valence-electron chi connectivity index (χ3n) is 6.29. The number of fused-ring (bicyclic) bond motifs is 1. The SMILES string of the molecule is Cc1nc2cc(F)cc(C(=O)NCCCCN3CCN(Cc4ccccc4)CC3)c2nc1C. The summed E-state index contributed by atoms with van der Waals surface area (Å²) in [7, 11) is 0. The van der Waals surface area contributed by atoms with E-state index < -0.39 is 5.82 Å². The first kappa shape index (κ1) is 23.3. The first-order valence-electron chi connectivity index (χ1n) is 11.7. The van der Waals surface area contributed by atoms with Crippen molar-refractivity contribution in [3.63, 3.8) is 0 Å². The predicted octanol–water partition coefficient (Wildman–Crippen LogP) is 3.71. The number of aromatic nitrogens is 2. The predicted molar refractivity (Wildman–Crippen MR) is 129 cm³/mol. The van der Waals surface area contributed by atoms with Gasteiger partial charge in [-0.2, -0.15) is 0 Å². The number of carbonyl (C=O) groups excluding carboxylic acids is 1. The first-order chi connectivity index (χ1) is 16.0. The lowest BCUT2D eigenvalue weighted by molar-refractivity contribution is 0.0952. The molecule has 1 saturated heterocycles. The highest BCUT2D eigenvalue weighted by atomic mass is 19.1. The van der Waals surface area contributed by atoms with Crippen molar-refractivity contribution in [1.29, 1.82) is 0 Å². The van der Waals surface area contributed by atoms with Crippen molar-refractivity contribution in [3.8, 4) is 0 Å². The van der Waals surface area contributed by atoms with Gasteiger partial charge in [0.1, 0.15) is 11.3 Å². The Labute approximate surface area is 194 Å². The van der Waals surface area contributed by atoms with Crippen molar-refractivity contribution in [1.82, 2.24) is 25.1 Å². The maximum atomic E-state index is 14.0.